The van der Waals surface area contributed by atoms with Crippen molar-refractivity contribution in [3.05, 3.63) is 71.3 Å². The molecule has 0 bridgehead atoms. The summed E-state index contributed by atoms with van der Waals surface area (Å²) in [4.78, 5) is 11.9. The van der Waals surface area contributed by atoms with E-state index >= 15 is 0 Å². The van der Waals surface area contributed by atoms with Crippen molar-refractivity contribution in [3.8, 4) is 0 Å². The van der Waals surface area contributed by atoms with Gasteiger partial charge in [-0.15, -0.1) is 0 Å². The molecule has 2 aromatic rings. The van der Waals surface area contributed by atoms with Gasteiger partial charge in [-0.3, -0.25) is 0 Å². The summed E-state index contributed by atoms with van der Waals surface area (Å²) in [6, 6.07) is 12.3. The van der Waals surface area contributed by atoms with E-state index in [9.17, 15) is 18.7 Å². The lowest BCUT2D eigenvalue weighted by atomic mass is 10.1. The molecule has 25 heavy (non-hydrogen) atoms. The van der Waals surface area contributed by atoms with Crippen LogP contribution in [0.25, 0.3) is 0 Å². The molecule has 0 aromatic heterocycles. The molecule has 2 amide bonds. The first-order valence-electron chi connectivity index (χ1n) is 8.27. The normalized spacial score (nSPS) is 20.0. The Bertz CT molecular complexity index is 719. The predicted octanol–water partition coefficient (Wildman–Crippen LogP) is 3.24. The molecule has 3 N–H and O–H groups in total. The smallest absolute Gasteiger partial charge is 0.315 e. The van der Waals surface area contributed by atoms with Crippen LogP contribution >= 0.6 is 0 Å². The van der Waals surface area contributed by atoms with Crippen LogP contribution in [0, 0.1) is 11.6 Å². The first kappa shape index (κ1) is 17.4. The molecule has 6 heteroatoms. The van der Waals surface area contributed by atoms with Crippen molar-refractivity contribution in [3.63, 3.8) is 0 Å². The lowest BCUT2D eigenvalue weighted by Gasteiger charge is -2.12. The Kier molecular flexibility index (Phi) is 5.28. The Labute approximate surface area is 144 Å². The fourth-order valence-electron chi connectivity index (χ4n) is 2.92. The largest absolute Gasteiger partial charge is 0.388 e. The lowest BCUT2D eigenvalue weighted by Crippen LogP contribution is -2.38. The van der Waals surface area contributed by atoms with E-state index in [2.05, 4.69) is 10.6 Å². The summed E-state index contributed by atoms with van der Waals surface area (Å²) in [5.41, 5.74) is 0.828. The standard InChI is InChI=1S/C19H20F2N2O2/c20-14-7-4-8-15(21)18(14)13-11-16(13)23-19(25)22-10-9-17(24)12-5-2-1-3-6-12/h1-8,13,16-17,24H,9-11H2,(H2,22,23,25). The maximum atomic E-state index is 13.7. The van der Waals surface area contributed by atoms with Gasteiger partial charge in [-0.1, -0.05) is 36.4 Å². The zero-order valence-corrected chi connectivity index (χ0v) is 13.6. The van der Waals surface area contributed by atoms with E-state index in [1.165, 1.54) is 18.2 Å². The van der Waals surface area contributed by atoms with Gasteiger partial charge in [-0.25, -0.2) is 13.6 Å². The summed E-state index contributed by atoms with van der Waals surface area (Å²) in [5, 5.41) is 15.4. The molecule has 3 atom stereocenters. The first-order valence-corrected chi connectivity index (χ1v) is 8.27. The summed E-state index contributed by atoms with van der Waals surface area (Å²) in [6.45, 7) is 0.299. The molecule has 1 aliphatic rings. The molecule has 0 aliphatic heterocycles. The highest BCUT2D eigenvalue weighted by Crippen LogP contribution is 2.42. The van der Waals surface area contributed by atoms with Crippen molar-refractivity contribution >= 4 is 6.03 Å². The third kappa shape index (κ3) is 4.33. The minimum atomic E-state index is -0.650. The number of rotatable bonds is 6. The van der Waals surface area contributed by atoms with Gasteiger partial charge in [0.25, 0.3) is 0 Å². The highest BCUT2D eigenvalue weighted by atomic mass is 19.1. The van der Waals surface area contributed by atoms with Gasteiger partial charge in [0.15, 0.2) is 0 Å². The third-order valence-corrected chi connectivity index (χ3v) is 4.37. The molecule has 3 rings (SSSR count). The Balaban J connectivity index is 1.42. The second-order valence-corrected chi connectivity index (χ2v) is 6.20. The average Bonchev–Trinajstić information content (AvgIpc) is 3.34. The number of amides is 2. The van der Waals surface area contributed by atoms with Gasteiger partial charge in [0.1, 0.15) is 11.6 Å². The number of nitrogens with one attached hydrogen (secondary N) is 2. The molecule has 1 aliphatic carbocycles. The topological polar surface area (TPSA) is 61.4 Å². The molecule has 1 saturated carbocycles. The second-order valence-electron chi connectivity index (χ2n) is 6.20. The number of carbonyl (C=O) groups is 1. The number of hydrogen-bond acceptors (Lipinski definition) is 2. The molecule has 0 radical (unpaired) electrons. The summed E-state index contributed by atoms with van der Waals surface area (Å²) in [7, 11) is 0. The molecule has 0 saturated heterocycles. The van der Waals surface area contributed by atoms with E-state index in [0.29, 0.717) is 19.4 Å². The van der Waals surface area contributed by atoms with Crippen LogP contribution in [-0.2, 0) is 0 Å². The van der Waals surface area contributed by atoms with Crippen LogP contribution in [0.5, 0.6) is 0 Å². The third-order valence-electron chi connectivity index (χ3n) is 4.37. The predicted molar refractivity (Wildman–Crippen MR) is 90.1 cm³/mol. The van der Waals surface area contributed by atoms with E-state index in [1.807, 2.05) is 30.3 Å². The Morgan fingerprint density at radius 1 is 1.12 bits per heavy atom. The van der Waals surface area contributed by atoms with E-state index in [0.717, 1.165) is 5.56 Å². The van der Waals surface area contributed by atoms with Gasteiger partial charge < -0.3 is 15.7 Å². The number of urea groups is 1. The van der Waals surface area contributed by atoms with E-state index < -0.39 is 23.8 Å². The van der Waals surface area contributed by atoms with Crippen LogP contribution in [0.3, 0.4) is 0 Å². The molecular weight excluding hydrogens is 326 g/mol. The van der Waals surface area contributed by atoms with Crippen LogP contribution in [0.2, 0.25) is 0 Å². The van der Waals surface area contributed by atoms with Crippen LogP contribution in [0.4, 0.5) is 13.6 Å². The Hall–Kier alpha value is -2.47. The van der Waals surface area contributed by atoms with Gasteiger partial charge in [0.05, 0.1) is 6.10 Å². The van der Waals surface area contributed by atoms with Crippen molar-refractivity contribution in [1.29, 1.82) is 0 Å². The van der Waals surface area contributed by atoms with Gasteiger partial charge in [0.2, 0.25) is 0 Å². The lowest BCUT2D eigenvalue weighted by molar-refractivity contribution is 0.167. The fraction of sp³-hybridized carbons (Fsp3) is 0.316. The minimum Gasteiger partial charge on any atom is -0.388 e. The molecular formula is C19H20F2N2O2. The number of carbonyl (C=O) groups excluding carboxylic acids is 1. The van der Waals surface area contributed by atoms with E-state index in [-0.39, 0.29) is 17.5 Å². The number of aliphatic hydroxyl groups excluding tert-OH is 1. The molecule has 0 spiro atoms. The minimum absolute atomic E-state index is 0.0345. The Morgan fingerprint density at radius 2 is 1.80 bits per heavy atom. The quantitative estimate of drug-likeness (QED) is 0.752. The molecule has 0 heterocycles. The van der Waals surface area contributed by atoms with Crippen LogP contribution in [-0.4, -0.2) is 23.7 Å². The van der Waals surface area contributed by atoms with Gasteiger partial charge in [-0.2, -0.15) is 0 Å². The van der Waals surface area contributed by atoms with Crippen molar-refractivity contribution in [2.24, 2.45) is 0 Å². The fourth-order valence-corrected chi connectivity index (χ4v) is 2.92. The summed E-state index contributed by atoms with van der Waals surface area (Å²) < 4.78 is 27.4. The van der Waals surface area contributed by atoms with Crippen molar-refractivity contribution in [2.75, 3.05) is 6.54 Å². The van der Waals surface area contributed by atoms with Crippen molar-refractivity contribution < 1.29 is 18.7 Å². The average molecular weight is 346 g/mol. The van der Waals surface area contributed by atoms with Crippen LogP contribution in [0.1, 0.15) is 36.0 Å². The van der Waals surface area contributed by atoms with Crippen molar-refractivity contribution in [1.82, 2.24) is 10.6 Å². The van der Waals surface area contributed by atoms with Crippen LogP contribution < -0.4 is 10.6 Å². The second kappa shape index (κ2) is 7.61. The highest BCUT2D eigenvalue weighted by molar-refractivity contribution is 5.74. The monoisotopic (exact) mass is 346 g/mol. The Morgan fingerprint density at radius 3 is 2.48 bits per heavy atom. The van der Waals surface area contributed by atoms with Gasteiger partial charge in [-0.05, 0) is 30.5 Å². The van der Waals surface area contributed by atoms with Crippen molar-refractivity contribution in [2.45, 2.75) is 30.9 Å². The number of aliphatic hydroxyl groups is 1. The molecule has 2 aromatic carbocycles. The molecule has 132 valence electrons. The first-order chi connectivity index (χ1) is 12.1. The molecule has 1 fully saturated rings. The summed E-state index contributed by atoms with van der Waals surface area (Å²) in [6.07, 6.45) is 0.244. The molecule has 4 nitrogen and oxygen atoms in total. The number of benzene rings is 2. The van der Waals surface area contributed by atoms with E-state index in [4.69, 9.17) is 0 Å². The molecule has 3 unspecified atom stereocenters. The number of halogens is 2. The number of hydrogen-bond donors (Lipinski definition) is 3. The summed E-state index contributed by atoms with van der Waals surface area (Å²) >= 11 is 0. The van der Waals surface area contributed by atoms with E-state index in [1.54, 1.807) is 0 Å². The van der Waals surface area contributed by atoms with Gasteiger partial charge in [0, 0.05) is 24.1 Å². The zero-order chi connectivity index (χ0) is 17.8. The maximum Gasteiger partial charge on any atom is 0.315 e. The van der Waals surface area contributed by atoms with Gasteiger partial charge >= 0.3 is 6.03 Å². The highest BCUT2D eigenvalue weighted by Gasteiger charge is 2.42. The summed E-state index contributed by atoms with van der Waals surface area (Å²) in [5.74, 6) is -1.50. The zero-order valence-electron chi connectivity index (χ0n) is 13.6. The van der Waals surface area contributed by atoms with Crippen LogP contribution in [0.15, 0.2) is 48.5 Å². The SMILES string of the molecule is O=C(NCCC(O)c1ccccc1)NC1CC1c1c(F)cccc1F. The maximum absolute atomic E-state index is 13.7.